The molecule has 8 heteroatoms. The largest absolute Gasteiger partial charge is 0.493 e. The molecule has 0 bridgehead atoms. The van der Waals surface area contributed by atoms with E-state index in [0.717, 1.165) is 57.8 Å². The Morgan fingerprint density at radius 3 is 2.13 bits per heavy atom. The van der Waals surface area contributed by atoms with Crippen LogP contribution in [0, 0.1) is 0 Å². The lowest BCUT2D eigenvalue weighted by Crippen LogP contribution is -2.11. The smallest absolute Gasteiger partial charge is 0.417 e. The minimum atomic E-state index is -4.63. The van der Waals surface area contributed by atoms with Gasteiger partial charge in [-0.3, -0.25) is 4.79 Å². The molecule has 0 unspecified atom stereocenters. The SMILES string of the molecule is O=C(O)CCCCCCCCCCCOc1ccc2c(C(F)(F)F)cc(=O)oc2c1. The topological polar surface area (TPSA) is 76.7 Å². The van der Waals surface area contributed by atoms with Crippen LogP contribution >= 0.6 is 0 Å². The van der Waals surface area contributed by atoms with Crippen molar-refractivity contribution in [1.29, 1.82) is 0 Å². The lowest BCUT2D eigenvalue weighted by molar-refractivity contribution is -0.137. The van der Waals surface area contributed by atoms with Crippen LogP contribution in [0.4, 0.5) is 13.2 Å². The van der Waals surface area contributed by atoms with E-state index in [1.54, 1.807) is 0 Å². The fourth-order valence-corrected chi connectivity index (χ4v) is 3.27. The van der Waals surface area contributed by atoms with E-state index < -0.39 is 23.3 Å². The molecule has 0 radical (unpaired) electrons. The van der Waals surface area contributed by atoms with Crippen molar-refractivity contribution in [2.75, 3.05) is 6.61 Å². The fourth-order valence-electron chi connectivity index (χ4n) is 3.27. The Labute approximate surface area is 172 Å². The number of halogens is 3. The van der Waals surface area contributed by atoms with Gasteiger partial charge in [0.05, 0.1) is 12.2 Å². The summed E-state index contributed by atoms with van der Waals surface area (Å²) in [6.45, 7) is 0.434. The molecule has 0 atom stereocenters. The van der Waals surface area contributed by atoms with Gasteiger partial charge in [-0.1, -0.05) is 44.9 Å². The maximum absolute atomic E-state index is 13.0. The van der Waals surface area contributed by atoms with Crippen molar-refractivity contribution in [3.63, 3.8) is 0 Å². The number of unbranched alkanes of at least 4 members (excludes halogenated alkanes) is 8. The van der Waals surface area contributed by atoms with E-state index in [1.165, 1.54) is 18.2 Å². The van der Waals surface area contributed by atoms with Gasteiger partial charge in [0.1, 0.15) is 11.3 Å². The number of aliphatic carboxylic acids is 1. The molecule has 0 saturated heterocycles. The lowest BCUT2D eigenvalue weighted by Gasteiger charge is -2.11. The summed E-state index contributed by atoms with van der Waals surface area (Å²) >= 11 is 0. The normalized spacial score (nSPS) is 11.7. The zero-order valence-corrected chi connectivity index (χ0v) is 16.8. The molecule has 1 aromatic carbocycles. The molecule has 5 nitrogen and oxygen atoms in total. The van der Waals surface area contributed by atoms with Crippen molar-refractivity contribution in [2.24, 2.45) is 0 Å². The van der Waals surface area contributed by atoms with Gasteiger partial charge in [-0.25, -0.2) is 4.79 Å². The summed E-state index contributed by atoms with van der Waals surface area (Å²) in [5.41, 5.74) is -2.20. The lowest BCUT2D eigenvalue weighted by atomic mass is 10.1. The molecule has 0 aliphatic carbocycles. The first kappa shape index (κ1) is 23.8. The van der Waals surface area contributed by atoms with Crippen LogP contribution in [0.2, 0.25) is 0 Å². The highest BCUT2D eigenvalue weighted by atomic mass is 19.4. The van der Waals surface area contributed by atoms with Crippen molar-refractivity contribution in [1.82, 2.24) is 0 Å². The monoisotopic (exact) mass is 428 g/mol. The maximum atomic E-state index is 13.0. The number of rotatable bonds is 13. The van der Waals surface area contributed by atoms with Crippen LogP contribution in [0.5, 0.6) is 5.75 Å². The van der Waals surface area contributed by atoms with Crippen LogP contribution < -0.4 is 10.4 Å². The quantitative estimate of drug-likeness (QED) is 0.305. The van der Waals surface area contributed by atoms with Crippen molar-refractivity contribution in [2.45, 2.75) is 70.4 Å². The zero-order valence-electron chi connectivity index (χ0n) is 16.8. The number of carboxylic acid groups (broad SMARTS) is 1. The standard InChI is InChI=1S/C22H27F3O5/c23-22(24,25)18-15-21(28)30-19-14-16(11-12-17(18)19)29-13-9-7-5-3-1-2-4-6-8-10-20(26)27/h11-12,14-15H,1-10,13H2,(H,26,27). The zero-order chi connectivity index (χ0) is 22.0. The Morgan fingerprint density at radius 1 is 0.933 bits per heavy atom. The Hall–Kier alpha value is -2.51. The van der Waals surface area contributed by atoms with Gasteiger partial charge < -0.3 is 14.3 Å². The van der Waals surface area contributed by atoms with Gasteiger partial charge in [0.2, 0.25) is 0 Å². The summed E-state index contributed by atoms with van der Waals surface area (Å²) in [5, 5.41) is 8.39. The molecular formula is C22H27F3O5. The summed E-state index contributed by atoms with van der Waals surface area (Å²) in [6.07, 6.45) is 4.59. The summed E-state index contributed by atoms with van der Waals surface area (Å²) in [4.78, 5) is 21.8. The molecule has 0 amide bonds. The van der Waals surface area contributed by atoms with Gasteiger partial charge in [-0.15, -0.1) is 0 Å². The molecule has 0 spiro atoms. The van der Waals surface area contributed by atoms with Crippen LogP contribution in [-0.2, 0) is 11.0 Å². The van der Waals surface area contributed by atoms with Crippen molar-refractivity contribution in [3.05, 3.63) is 40.2 Å². The molecule has 2 rings (SSSR count). The Bertz CT molecular complexity index is 873. The second-order valence-corrected chi connectivity index (χ2v) is 7.31. The first-order valence-corrected chi connectivity index (χ1v) is 10.3. The number of carboxylic acids is 1. The van der Waals surface area contributed by atoms with Crippen LogP contribution in [0.1, 0.15) is 69.8 Å². The highest BCUT2D eigenvalue weighted by molar-refractivity contribution is 5.82. The highest BCUT2D eigenvalue weighted by Gasteiger charge is 2.33. The van der Waals surface area contributed by atoms with E-state index in [1.807, 2.05) is 0 Å². The second kappa shape index (κ2) is 11.6. The number of carbonyl (C=O) groups is 1. The minimum absolute atomic E-state index is 0.143. The second-order valence-electron chi connectivity index (χ2n) is 7.31. The van der Waals surface area contributed by atoms with Gasteiger partial charge in [-0.05, 0) is 25.0 Å². The summed E-state index contributed by atoms with van der Waals surface area (Å²) in [5.74, 6) is -0.372. The molecule has 1 N–H and O–H groups in total. The molecule has 0 aliphatic heterocycles. The molecule has 0 saturated carbocycles. The number of hydrogen-bond donors (Lipinski definition) is 1. The third kappa shape index (κ3) is 8.08. The van der Waals surface area contributed by atoms with Crippen molar-refractivity contribution < 1.29 is 32.2 Å². The molecule has 2 aromatic rings. The first-order chi connectivity index (χ1) is 14.3. The third-order valence-electron chi connectivity index (χ3n) is 4.83. The average Bonchev–Trinajstić information content (AvgIpc) is 2.67. The van der Waals surface area contributed by atoms with Crippen LogP contribution in [0.25, 0.3) is 11.0 Å². The minimum Gasteiger partial charge on any atom is -0.493 e. The van der Waals surface area contributed by atoms with E-state index in [-0.39, 0.29) is 17.4 Å². The van der Waals surface area contributed by atoms with Gasteiger partial charge in [0, 0.05) is 23.9 Å². The molecule has 1 aromatic heterocycles. The van der Waals surface area contributed by atoms with E-state index in [2.05, 4.69) is 0 Å². The Morgan fingerprint density at radius 2 is 1.53 bits per heavy atom. The summed E-state index contributed by atoms with van der Waals surface area (Å²) < 4.78 is 49.6. The first-order valence-electron chi connectivity index (χ1n) is 10.3. The van der Waals surface area contributed by atoms with E-state index >= 15 is 0 Å². The van der Waals surface area contributed by atoms with Gasteiger partial charge in [0.25, 0.3) is 0 Å². The average molecular weight is 428 g/mol. The number of hydrogen-bond acceptors (Lipinski definition) is 4. The van der Waals surface area contributed by atoms with Crippen LogP contribution in [0.3, 0.4) is 0 Å². The van der Waals surface area contributed by atoms with Gasteiger partial charge >= 0.3 is 17.8 Å². The predicted octanol–water partition coefficient (Wildman–Crippen LogP) is 6.18. The number of alkyl halides is 3. The number of fused-ring (bicyclic) bond motifs is 1. The molecular weight excluding hydrogens is 401 g/mol. The summed E-state index contributed by atoms with van der Waals surface area (Å²) in [6, 6.07) is 4.48. The van der Waals surface area contributed by atoms with Gasteiger partial charge in [0.15, 0.2) is 0 Å². The van der Waals surface area contributed by atoms with E-state index in [0.29, 0.717) is 18.4 Å². The Balaban J connectivity index is 1.66. The number of ether oxygens (including phenoxy) is 1. The molecule has 0 fully saturated rings. The van der Waals surface area contributed by atoms with Crippen molar-refractivity contribution >= 4 is 16.9 Å². The van der Waals surface area contributed by atoms with E-state index in [9.17, 15) is 22.8 Å². The molecule has 0 aliphatic rings. The Kier molecular flexibility index (Phi) is 9.20. The molecule has 1 heterocycles. The maximum Gasteiger partial charge on any atom is 0.417 e. The molecule has 166 valence electrons. The van der Waals surface area contributed by atoms with Crippen LogP contribution in [0.15, 0.2) is 33.5 Å². The highest BCUT2D eigenvalue weighted by Crippen LogP contribution is 2.34. The summed E-state index contributed by atoms with van der Waals surface area (Å²) in [7, 11) is 0. The van der Waals surface area contributed by atoms with Crippen molar-refractivity contribution in [3.8, 4) is 5.75 Å². The van der Waals surface area contributed by atoms with Gasteiger partial charge in [-0.2, -0.15) is 13.2 Å². The van der Waals surface area contributed by atoms with E-state index in [4.69, 9.17) is 14.3 Å². The fraction of sp³-hybridized carbons (Fsp3) is 0.545. The third-order valence-corrected chi connectivity index (χ3v) is 4.83. The predicted molar refractivity (Wildman–Crippen MR) is 107 cm³/mol. The van der Waals surface area contributed by atoms with Crippen LogP contribution in [-0.4, -0.2) is 17.7 Å². The number of benzene rings is 1. The molecule has 30 heavy (non-hydrogen) atoms.